The summed E-state index contributed by atoms with van der Waals surface area (Å²) in [7, 11) is 1.52. The number of benzene rings is 1. The zero-order chi connectivity index (χ0) is 30.0. The molecule has 2 aliphatic rings. The van der Waals surface area contributed by atoms with Gasteiger partial charge >= 0.3 is 18.0 Å². The highest BCUT2D eigenvalue weighted by atomic mass is 16.6. The number of allylic oxidation sites excluding steroid dienone is 2. The van der Waals surface area contributed by atoms with Crippen molar-refractivity contribution in [2.75, 3.05) is 44.9 Å². The number of carbonyl (C=O) groups excluding carboxylic acids is 3. The molecular formula is C32H44N2O7. The van der Waals surface area contributed by atoms with Crippen LogP contribution < -0.4 is 4.90 Å². The Morgan fingerprint density at radius 2 is 1.76 bits per heavy atom. The van der Waals surface area contributed by atoms with Gasteiger partial charge in [-0.25, -0.2) is 14.4 Å². The molecule has 224 valence electrons. The first-order valence-corrected chi connectivity index (χ1v) is 14.2. The molecule has 0 aromatic heterocycles. The first kappa shape index (κ1) is 31.9. The molecule has 2 fully saturated rings. The van der Waals surface area contributed by atoms with E-state index in [0.29, 0.717) is 31.1 Å². The average molecular weight is 569 g/mol. The monoisotopic (exact) mass is 568 g/mol. The van der Waals surface area contributed by atoms with Gasteiger partial charge in [-0.05, 0) is 56.4 Å². The summed E-state index contributed by atoms with van der Waals surface area (Å²) in [6.45, 7) is 15.6. The Morgan fingerprint density at radius 3 is 2.32 bits per heavy atom. The summed E-state index contributed by atoms with van der Waals surface area (Å²) < 4.78 is 22.3. The Labute approximate surface area is 243 Å². The molecule has 9 heteroatoms. The number of esters is 2. The summed E-state index contributed by atoms with van der Waals surface area (Å²) in [5.74, 6) is -1.03. The number of amides is 1. The van der Waals surface area contributed by atoms with E-state index in [1.807, 2.05) is 24.3 Å². The molecule has 1 aromatic rings. The Bertz CT molecular complexity index is 1100. The third-order valence-electron chi connectivity index (χ3n) is 6.90. The van der Waals surface area contributed by atoms with Crippen molar-refractivity contribution < 1.29 is 33.3 Å². The van der Waals surface area contributed by atoms with Crippen molar-refractivity contribution >= 4 is 23.7 Å². The largest absolute Gasteiger partial charge is 0.458 e. The lowest BCUT2D eigenvalue weighted by Gasteiger charge is -2.30. The number of hydrogen-bond acceptors (Lipinski definition) is 8. The van der Waals surface area contributed by atoms with Crippen LogP contribution in [0.15, 0.2) is 61.2 Å². The Balaban J connectivity index is 1.78. The molecule has 0 radical (unpaired) electrons. The van der Waals surface area contributed by atoms with Crippen LogP contribution in [0, 0.1) is 5.92 Å². The molecule has 0 bridgehead atoms. The van der Waals surface area contributed by atoms with E-state index >= 15 is 0 Å². The minimum atomic E-state index is -1.21. The molecule has 1 aliphatic carbocycles. The van der Waals surface area contributed by atoms with Gasteiger partial charge in [0.15, 0.2) is 0 Å². The van der Waals surface area contributed by atoms with Gasteiger partial charge in [0.05, 0.1) is 13.2 Å². The Hall–Kier alpha value is -3.59. The van der Waals surface area contributed by atoms with Gasteiger partial charge in [0.1, 0.15) is 18.2 Å². The molecule has 2 atom stereocenters. The van der Waals surface area contributed by atoms with E-state index in [0.717, 1.165) is 37.2 Å². The molecule has 1 heterocycles. The van der Waals surface area contributed by atoms with Gasteiger partial charge < -0.3 is 23.8 Å². The fourth-order valence-electron chi connectivity index (χ4n) is 4.39. The Kier molecular flexibility index (Phi) is 11.6. The van der Waals surface area contributed by atoms with E-state index < -0.39 is 35.8 Å². The molecule has 1 saturated carbocycles. The van der Waals surface area contributed by atoms with E-state index in [1.54, 1.807) is 39.0 Å². The minimum Gasteiger partial charge on any atom is -0.458 e. The normalized spacial score (nSPS) is 17.2. The van der Waals surface area contributed by atoms with Crippen LogP contribution in [-0.2, 0) is 35.0 Å². The minimum absolute atomic E-state index is 0.0400. The predicted octanol–water partition coefficient (Wildman–Crippen LogP) is 4.85. The molecule has 1 saturated heterocycles. The van der Waals surface area contributed by atoms with Gasteiger partial charge in [-0.3, -0.25) is 4.90 Å². The number of carbonyl (C=O) groups is 3. The zero-order valence-corrected chi connectivity index (χ0v) is 24.8. The molecule has 3 rings (SSSR count). The molecular weight excluding hydrogens is 524 g/mol. The average Bonchev–Trinajstić information content (AvgIpc) is 3.77. The number of rotatable bonds is 13. The van der Waals surface area contributed by atoms with E-state index in [9.17, 15) is 14.4 Å². The molecule has 2 unspecified atom stereocenters. The molecule has 1 aliphatic heterocycles. The van der Waals surface area contributed by atoms with Crippen molar-refractivity contribution in [1.29, 1.82) is 0 Å². The summed E-state index contributed by atoms with van der Waals surface area (Å²) in [5.41, 5.74) is 1.80. The lowest BCUT2D eigenvalue weighted by molar-refractivity contribution is -0.170. The maximum atomic E-state index is 13.5. The standard InChI is InChI=1S/C32H44N2O7/c1-7-9-23(8-2)22-39-30(36)28(21-25-12-14-26(15-13-25)34-16-18-38-19-17-34)40-29(35)27(20-24-10-11-24)33(6)31(37)41-32(3,4)5/h7-9,12-15,24,27-28H,1-2,10-11,16-22H2,3-6H3/b23-9+. The highest BCUT2D eigenvalue weighted by molar-refractivity contribution is 5.85. The van der Waals surface area contributed by atoms with Crippen LogP contribution >= 0.6 is 0 Å². The van der Waals surface area contributed by atoms with Gasteiger partial charge in [0, 0.05) is 32.2 Å². The molecule has 0 spiro atoms. The summed E-state index contributed by atoms with van der Waals surface area (Å²) in [5, 5.41) is 0. The number of morpholine rings is 1. The number of likely N-dealkylation sites (N-methyl/N-ethyl adjacent to an activating group) is 1. The summed E-state index contributed by atoms with van der Waals surface area (Å²) in [6.07, 6.45) is 5.52. The quantitative estimate of drug-likeness (QED) is 0.189. The SMILES string of the molecule is C=C/C=C(\C=C)COC(=O)C(Cc1ccc(N2CCOCC2)cc1)OC(=O)C(CC1CC1)N(C)C(=O)OC(C)(C)C. The van der Waals surface area contributed by atoms with Crippen LogP contribution in [0.2, 0.25) is 0 Å². The highest BCUT2D eigenvalue weighted by Gasteiger charge is 2.38. The number of anilines is 1. The maximum Gasteiger partial charge on any atom is 0.410 e. The molecule has 1 aromatic carbocycles. The number of nitrogens with zero attached hydrogens (tertiary/aromatic N) is 2. The van der Waals surface area contributed by atoms with Crippen LogP contribution in [0.4, 0.5) is 10.5 Å². The Morgan fingerprint density at radius 1 is 1.10 bits per heavy atom. The van der Waals surface area contributed by atoms with E-state index in [1.165, 1.54) is 11.9 Å². The van der Waals surface area contributed by atoms with Gasteiger partial charge in [-0.15, -0.1) is 0 Å². The lowest BCUT2D eigenvalue weighted by atomic mass is 10.1. The van der Waals surface area contributed by atoms with Gasteiger partial charge in [-0.2, -0.15) is 0 Å². The summed E-state index contributed by atoms with van der Waals surface area (Å²) >= 11 is 0. The van der Waals surface area contributed by atoms with Crippen LogP contribution in [0.25, 0.3) is 0 Å². The fraction of sp³-hybridized carbons (Fsp3) is 0.531. The third-order valence-corrected chi connectivity index (χ3v) is 6.90. The van der Waals surface area contributed by atoms with Crippen molar-refractivity contribution in [3.63, 3.8) is 0 Å². The number of ether oxygens (including phenoxy) is 4. The molecule has 0 N–H and O–H groups in total. The topological polar surface area (TPSA) is 94.6 Å². The van der Waals surface area contributed by atoms with E-state index in [4.69, 9.17) is 18.9 Å². The van der Waals surface area contributed by atoms with Crippen molar-refractivity contribution in [3.05, 3.63) is 66.8 Å². The van der Waals surface area contributed by atoms with Crippen molar-refractivity contribution in [1.82, 2.24) is 4.90 Å². The smallest absolute Gasteiger partial charge is 0.410 e. The second-order valence-corrected chi connectivity index (χ2v) is 11.5. The fourth-order valence-corrected chi connectivity index (χ4v) is 4.39. The first-order chi connectivity index (χ1) is 19.5. The lowest BCUT2D eigenvalue weighted by Crippen LogP contribution is -2.47. The first-order valence-electron chi connectivity index (χ1n) is 14.2. The van der Waals surface area contributed by atoms with Crippen molar-refractivity contribution in [2.24, 2.45) is 5.92 Å². The summed E-state index contributed by atoms with van der Waals surface area (Å²) in [4.78, 5) is 43.1. The van der Waals surface area contributed by atoms with E-state index in [2.05, 4.69) is 18.1 Å². The van der Waals surface area contributed by atoms with Crippen LogP contribution in [-0.4, -0.2) is 80.6 Å². The van der Waals surface area contributed by atoms with Gasteiger partial charge in [0.25, 0.3) is 0 Å². The van der Waals surface area contributed by atoms with Crippen LogP contribution in [0.5, 0.6) is 0 Å². The third kappa shape index (κ3) is 10.4. The van der Waals surface area contributed by atoms with Crippen LogP contribution in [0.1, 0.15) is 45.6 Å². The van der Waals surface area contributed by atoms with Crippen molar-refractivity contribution in [3.8, 4) is 0 Å². The highest BCUT2D eigenvalue weighted by Crippen LogP contribution is 2.35. The molecule has 41 heavy (non-hydrogen) atoms. The maximum absolute atomic E-state index is 13.5. The van der Waals surface area contributed by atoms with E-state index in [-0.39, 0.29) is 13.0 Å². The summed E-state index contributed by atoms with van der Waals surface area (Å²) in [6, 6.07) is 6.92. The molecule has 9 nitrogen and oxygen atoms in total. The van der Waals surface area contributed by atoms with Crippen molar-refractivity contribution in [2.45, 2.75) is 64.2 Å². The zero-order valence-electron chi connectivity index (χ0n) is 24.8. The van der Waals surface area contributed by atoms with Gasteiger partial charge in [0.2, 0.25) is 6.10 Å². The van der Waals surface area contributed by atoms with Crippen LogP contribution in [0.3, 0.4) is 0 Å². The second kappa shape index (κ2) is 14.9. The second-order valence-electron chi connectivity index (χ2n) is 11.5. The predicted molar refractivity (Wildman–Crippen MR) is 158 cm³/mol. The number of hydrogen-bond donors (Lipinski definition) is 0. The van der Waals surface area contributed by atoms with Gasteiger partial charge in [-0.1, -0.05) is 56.4 Å². The molecule has 1 amide bonds.